The van der Waals surface area contributed by atoms with Crippen molar-refractivity contribution in [2.24, 2.45) is 5.41 Å². The average Bonchev–Trinajstić information content (AvgIpc) is 3.15. The Hall–Kier alpha value is -3.35. The number of rotatable bonds is 5. The normalized spacial score (nSPS) is 11.5. The van der Waals surface area contributed by atoms with Gasteiger partial charge in [-0.2, -0.15) is 0 Å². The van der Waals surface area contributed by atoms with Crippen molar-refractivity contribution in [3.63, 3.8) is 0 Å². The van der Waals surface area contributed by atoms with Crippen LogP contribution in [0.2, 0.25) is 10.0 Å². The lowest BCUT2D eigenvalue weighted by Crippen LogP contribution is -2.27. The molecular formula is C27H24Cl2N2O4. The number of aromatic nitrogens is 1. The maximum Gasteiger partial charge on any atom is 0.412 e. The van der Waals surface area contributed by atoms with E-state index in [0.717, 1.165) is 5.56 Å². The third-order valence-corrected chi connectivity index (χ3v) is 5.91. The smallest absolute Gasteiger partial charge is 0.412 e. The van der Waals surface area contributed by atoms with E-state index in [4.69, 9.17) is 37.3 Å². The molecule has 0 atom stereocenters. The molecule has 2 heterocycles. The molecule has 35 heavy (non-hydrogen) atoms. The van der Waals surface area contributed by atoms with Crippen LogP contribution in [0, 0.1) is 5.41 Å². The molecule has 0 bridgehead atoms. The third-order valence-electron chi connectivity index (χ3n) is 5.32. The number of carbonyl (C=O) groups is 2. The molecule has 0 aliphatic heterocycles. The summed E-state index contributed by atoms with van der Waals surface area (Å²) in [6.45, 7) is 7.43. The molecule has 1 amide bonds. The monoisotopic (exact) mass is 510 g/mol. The van der Waals surface area contributed by atoms with E-state index in [-0.39, 0.29) is 23.0 Å². The molecule has 0 aliphatic rings. The summed E-state index contributed by atoms with van der Waals surface area (Å²) in [5.41, 5.74) is 2.14. The summed E-state index contributed by atoms with van der Waals surface area (Å²) < 4.78 is 11.5. The Bertz CT molecular complexity index is 1420. The van der Waals surface area contributed by atoms with Crippen LogP contribution in [0.5, 0.6) is 5.75 Å². The van der Waals surface area contributed by atoms with E-state index in [1.165, 1.54) is 0 Å². The van der Waals surface area contributed by atoms with Crippen molar-refractivity contribution in [3.05, 3.63) is 70.4 Å². The van der Waals surface area contributed by atoms with Gasteiger partial charge in [0.05, 0.1) is 11.1 Å². The molecule has 0 radical (unpaired) electrons. The second-order valence-corrected chi connectivity index (χ2v) is 9.83. The van der Waals surface area contributed by atoms with Crippen LogP contribution in [0.15, 0.2) is 59.0 Å². The minimum Gasteiger partial charge on any atom is -0.430 e. The topological polar surface area (TPSA) is 81.4 Å². The molecule has 180 valence electrons. The lowest BCUT2D eigenvalue weighted by Gasteiger charge is -2.15. The highest BCUT2D eigenvalue weighted by Crippen LogP contribution is 2.42. The van der Waals surface area contributed by atoms with Gasteiger partial charge in [0.1, 0.15) is 0 Å². The Balaban J connectivity index is 2.04. The number of halogens is 2. The molecule has 0 saturated carbocycles. The van der Waals surface area contributed by atoms with Crippen LogP contribution < -0.4 is 10.1 Å². The SMILES string of the molecule is CCNC(=O)Oc1c(C(=O)C(C)(C)C)oc2nc(-c3ccccc3Cl)c(-c3ccc(Cl)cc3)cc12. The first-order valence-electron chi connectivity index (χ1n) is 11.1. The van der Waals surface area contributed by atoms with Gasteiger partial charge in [-0.15, -0.1) is 0 Å². The van der Waals surface area contributed by atoms with E-state index >= 15 is 0 Å². The molecular weight excluding hydrogens is 487 g/mol. The largest absolute Gasteiger partial charge is 0.430 e. The lowest BCUT2D eigenvalue weighted by atomic mass is 9.89. The zero-order valence-corrected chi connectivity index (χ0v) is 21.3. The molecule has 2 aromatic carbocycles. The molecule has 0 fully saturated rings. The zero-order valence-electron chi connectivity index (χ0n) is 19.7. The predicted octanol–water partition coefficient (Wildman–Crippen LogP) is 7.81. The molecule has 0 spiro atoms. The van der Waals surface area contributed by atoms with Gasteiger partial charge in [-0.05, 0) is 36.8 Å². The van der Waals surface area contributed by atoms with E-state index in [9.17, 15) is 9.59 Å². The van der Waals surface area contributed by atoms with Crippen LogP contribution in [0.25, 0.3) is 33.5 Å². The van der Waals surface area contributed by atoms with E-state index in [1.807, 2.05) is 30.3 Å². The van der Waals surface area contributed by atoms with Crippen molar-refractivity contribution < 1.29 is 18.7 Å². The molecule has 4 aromatic rings. The number of benzene rings is 2. The summed E-state index contributed by atoms with van der Waals surface area (Å²) in [5, 5.41) is 4.07. The van der Waals surface area contributed by atoms with Gasteiger partial charge in [0, 0.05) is 33.1 Å². The van der Waals surface area contributed by atoms with Gasteiger partial charge in [0.25, 0.3) is 0 Å². The number of amides is 1. The van der Waals surface area contributed by atoms with Crippen LogP contribution in [-0.2, 0) is 0 Å². The fourth-order valence-electron chi connectivity index (χ4n) is 3.57. The first-order valence-corrected chi connectivity index (χ1v) is 11.8. The summed E-state index contributed by atoms with van der Waals surface area (Å²) >= 11 is 12.6. The summed E-state index contributed by atoms with van der Waals surface area (Å²) in [7, 11) is 0. The standard InChI is InChI=1S/C27H24Cl2N2O4/c1-5-30-26(33)35-22-19-14-18(15-10-12-16(28)13-11-15)21(17-8-6-7-9-20(17)29)31-25(19)34-23(22)24(32)27(2,3)4/h6-14H,5H2,1-4H3,(H,30,33). The van der Waals surface area contributed by atoms with E-state index < -0.39 is 11.5 Å². The van der Waals surface area contributed by atoms with Crippen molar-refractivity contribution in [1.29, 1.82) is 0 Å². The van der Waals surface area contributed by atoms with Crippen molar-refractivity contribution in [1.82, 2.24) is 10.3 Å². The highest BCUT2D eigenvalue weighted by Gasteiger charge is 2.33. The summed E-state index contributed by atoms with van der Waals surface area (Å²) in [6.07, 6.45) is -0.693. The predicted molar refractivity (Wildman–Crippen MR) is 138 cm³/mol. The van der Waals surface area contributed by atoms with Crippen LogP contribution in [0.4, 0.5) is 4.79 Å². The summed E-state index contributed by atoms with van der Waals surface area (Å²) in [4.78, 5) is 30.3. The number of hydrogen-bond donors (Lipinski definition) is 1. The maximum atomic E-state index is 13.2. The van der Waals surface area contributed by atoms with E-state index in [2.05, 4.69) is 5.32 Å². The Morgan fingerprint density at radius 3 is 2.34 bits per heavy atom. The Morgan fingerprint density at radius 1 is 1.03 bits per heavy atom. The molecule has 6 nitrogen and oxygen atoms in total. The van der Waals surface area contributed by atoms with Gasteiger partial charge in [0.15, 0.2) is 5.75 Å². The molecule has 2 aromatic heterocycles. The molecule has 0 saturated heterocycles. The maximum absolute atomic E-state index is 13.2. The minimum atomic E-state index is -0.780. The number of furan rings is 1. The number of pyridine rings is 1. The third kappa shape index (κ3) is 5.04. The highest BCUT2D eigenvalue weighted by atomic mass is 35.5. The van der Waals surface area contributed by atoms with Gasteiger partial charge in [-0.25, -0.2) is 9.78 Å². The molecule has 0 aliphatic carbocycles. The number of Topliss-reactive ketones (excluding diaryl/α,β-unsaturated/α-hetero) is 1. The summed E-state index contributed by atoms with van der Waals surface area (Å²) in [5.74, 6) is -0.356. The Morgan fingerprint density at radius 2 is 1.71 bits per heavy atom. The summed E-state index contributed by atoms with van der Waals surface area (Å²) in [6, 6.07) is 16.4. The van der Waals surface area contributed by atoms with Gasteiger partial charge in [0.2, 0.25) is 17.3 Å². The first-order chi connectivity index (χ1) is 16.6. The molecule has 1 N–H and O–H groups in total. The van der Waals surface area contributed by atoms with Crippen LogP contribution in [0.3, 0.4) is 0 Å². The van der Waals surface area contributed by atoms with Crippen molar-refractivity contribution >= 4 is 46.2 Å². The number of nitrogens with one attached hydrogen (secondary N) is 1. The van der Waals surface area contributed by atoms with Crippen LogP contribution in [-0.4, -0.2) is 23.4 Å². The van der Waals surface area contributed by atoms with Gasteiger partial charge >= 0.3 is 6.09 Å². The lowest BCUT2D eigenvalue weighted by molar-refractivity contribution is 0.0826. The van der Waals surface area contributed by atoms with E-state index in [0.29, 0.717) is 38.8 Å². The fourth-order valence-corrected chi connectivity index (χ4v) is 3.93. The number of fused-ring (bicyclic) bond motifs is 1. The number of carbonyl (C=O) groups excluding carboxylic acids is 2. The van der Waals surface area contributed by atoms with Crippen LogP contribution >= 0.6 is 23.2 Å². The van der Waals surface area contributed by atoms with Crippen LogP contribution in [0.1, 0.15) is 38.2 Å². The highest BCUT2D eigenvalue weighted by molar-refractivity contribution is 6.33. The quantitative estimate of drug-likeness (QED) is 0.277. The number of nitrogens with zero attached hydrogens (tertiary/aromatic N) is 1. The first kappa shape index (κ1) is 24.8. The van der Waals surface area contributed by atoms with E-state index in [1.54, 1.807) is 52.0 Å². The molecule has 0 unspecified atom stereocenters. The zero-order chi connectivity index (χ0) is 25.3. The average molecular weight is 511 g/mol. The van der Waals surface area contributed by atoms with Gasteiger partial charge in [-0.3, -0.25) is 4.79 Å². The molecule has 4 rings (SSSR count). The molecule has 8 heteroatoms. The van der Waals surface area contributed by atoms with Gasteiger partial charge in [-0.1, -0.05) is 74.3 Å². The number of hydrogen-bond acceptors (Lipinski definition) is 5. The van der Waals surface area contributed by atoms with Crippen molar-refractivity contribution in [2.75, 3.05) is 6.54 Å². The Kier molecular flexibility index (Phi) is 6.88. The Labute approximate surface area is 213 Å². The fraction of sp³-hybridized carbons (Fsp3) is 0.222. The van der Waals surface area contributed by atoms with Crippen molar-refractivity contribution in [2.45, 2.75) is 27.7 Å². The van der Waals surface area contributed by atoms with Gasteiger partial charge < -0.3 is 14.5 Å². The number of ketones is 1. The second-order valence-electron chi connectivity index (χ2n) is 8.98. The minimum absolute atomic E-state index is 0.0271. The number of ether oxygens (including phenoxy) is 1. The van der Waals surface area contributed by atoms with Crippen molar-refractivity contribution in [3.8, 4) is 28.1 Å². The second kappa shape index (κ2) is 9.72.